The second-order valence-corrected chi connectivity index (χ2v) is 6.87. The van der Waals surface area contributed by atoms with Crippen LogP contribution >= 0.6 is 0 Å². The van der Waals surface area contributed by atoms with Crippen molar-refractivity contribution in [1.82, 2.24) is 5.32 Å². The van der Waals surface area contributed by atoms with E-state index < -0.39 is 37.1 Å². The van der Waals surface area contributed by atoms with Gasteiger partial charge in [-0.1, -0.05) is 42.5 Å². The minimum atomic E-state index is -1.46. The van der Waals surface area contributed by atoms with Crippen LogP contribution in [0.25, 0.3) is 0 Å². The molecule has 1 fully saturated rings. The number of ether oxygens (including phenoxy) is 1. The molecule has 1 saturated heterocycles. The normalized spacial score (nSPS) is 27.4. The SMILES string of the molecule is O=C(NCCc1ccccc1)c1cccc([C@H]2O[C@H](CO)[C@@H](O)[C@H](O)[C@H]2O)c1. The molecule has 0 aromatic heterocycles. The first-order chi connectivity index (χ1) is 13.5. The molecule has 1 aliphatic rings. The average molecular weight is 387 g/mol. The van der Waals surface area contributed by atoms with Gasteiger partial charge in [-0.15, -0.1) is 0 Å². The van der Waals surface area contributed by atoms with Crippen molar-refractivity contribution in [3.8, 4) is 0 Å². The molecule has 0 radical (unpaired) electrons. The second kappa shape index (κ2) is 9.27. The molecule has 7 heteroatoms. The van der Waals surface area contributed by atoms with Crippen molar-refractivity contribution >= 4 is 5.91 Å². The Bertz CT molecular complexity index is 781. The summed E-state index contributed by atoms with van der Waals surface area (Å²) in [5.41, 5.74) is 1.99. The van der Waals surface area contributed by atoms with Crippen molar-refractivity contribution in [3.63, 3.8) is 0 Å². The molecule has 0 unspecified atom stereocenters. The van der Waals surface area contributed by atoms with E-state index >= 15 is 0 Å². The van der Waals surface area contributed by atoms with Crippen LogP contribution in [0.2, 0.25) is 0 Å². The topological polar surface area (TPSA) is 119 Å². The molecular weight excluding hydrogens is 362 g/mol. The maximum absolute atomic E-state index is 12.4. The van der Waals surface area contributed by atoms with Gasteiger partial charge < -0.3 is 30.5 Å². The van der Waals surface area contributed by atoms with Crippen molar-refractivity contribution in [2.24, 2.45) is 0 Å². The van der Waals surface area contributed by atoms with Gasteiger partial charge in [0.25, 0.3) is 5.91 Å². The van der Waals surface area contributed by atoms with Crippen LogP contribution in [0.15, 0.2) is 54.6 Å². The Morgan fingerprint density at radius 2 is 1.71 bits per heavy atom. The number of hydrogen-bond acceptors (Lipinski definition) is 6. The summed E-state index contributed by atoms with van der Waals surface area (Å²) < 4.78 is 5.55. The number of rotatable bonds is 6. The van der Waals surface area contributed by atoms with E-state index in [9.17, 15) is 25.2 Å². The van der Waals surface area contributed by atoms with Gasteiger partial charge in [-0.3, -0.25) is 4.79 Å². The third-order valence-corrected chi connectivity index (χ3v) is 4.91. The van der Waals surface area contributed by atoms with Gasteiger partial charge in [-0.05, 0) is 29.7 Å². The number of aliphatic hydroxyl groups excluding tert-OH is 4. The molecule has 1 heterocycles. The van der Waals surface area contributed by atoms with Gasteiger partial charge in [0.1, 0.15) is 30.5 Å². The Morgan fingerprint density at radius 3 is 2.43 bits per heavy atom. The summed E-state index contributed by atoms with van der Waals surface area (Å²) in [4.78, 5) is 12.4. The summed E-state index contributed by atoms with van der Waals surface area (Å²) in [6.07, 6.45) is -5.51. The minimum absolute atomic E-state index is 0.262. The van der Waals surface area contributed by atoms with Crippen LogP contribution in [0.5, 0.6) is 0 Å². The van der Waals surface area contributed by atoms with Crippen LogP contribution in [0, 0.1) is 0 Å². The quantitative estimate of drug-likeness (QED) is 0.482. The molecule has 0 bridgehead atoms. The van der Waals surface area contributed by atoms with Crippen LogP contribution in [-0.4, -0.2) is 63.9 Å². The zero-order valence-electron chi connectivity index (χ0n) is 15.3. The molecule has 0 saturated carbocycles. The predicted octanol–water partition coefficient (Wildman–Crippen LogP) is 0.174. The first kappa shape index (κ1) is 20.4. The number of benzene rings is 2. The molecule has 0 spiro atoms. The molecule has 7 nitrogen and oxygen atoms in total. The molecule has 150 valence electrons. The van der Waals surface area contributed by atoms with Gasteiger partial charge in [0.15, 0.2) is 0 Å². The summed E-state index contributed by atoms with van der Waals surface area (Å²) in [5.74, 6) is -0.262. The lowest BCUT2D eigenvalue weighted by Gasteiger charge is -2.40. The second-order valence-electron chi connectivity index (χ2n) is 6.87. The van der Waals surface area contributed by atoms with E-state index in [1.807, 2.05) is 30.3 Å². The number of carbonyl (C=O) groups is 1. The Morgan fingerprint density at radius 1 is 0.964 bits per heavy atom. The van der Waals surface area contributed by atoms with Crippen LogP contribution in [0.4, 0.5) is 0 Å². The summed E-state index contributed by atoms with van der Waals surface area (Å²) in [6.45, 7) is -0.0196. The van der Waals surface area contributed by atoms with Crippen molar-refractivity contribution in [1.29, 1.82) is 0 Å². The highest BCUT2D eigenvalue weighted by Gasteiger charge is 2.43. The fourth-order valence-corrected chi connectivity index (χ4v) is 3.30. The van der Waals surface area contributed by atoms with E-state index in [2.05, 4.69) is 5.32 Å². The van der Waals surface area contributed by atoms with Crippen LogP contribution in [-0.2, 0) is 11.2 Å². The summed E-state index contributed by atoms with van der Waals surface area (Å²) in [6, 6.07) is 16.3. The smallest absolute Gasteiger partial charge is 0.251 e. The molecule has 2 aromatic rings. The fraction of sp³-hybridized carbons (Fsp3) is 0.381. The lowest BCUT2D eigenvalue weighted by Crippen LogP contribution is -2.55. The van der Waals surface area contributed by atoms with E-state index in [-0.39, 0.29) is 5.91 Å². The number of hydrogen-bond donors (Lipinski definition) is 5. The highest BCUT2D eigenvalue weighted by molar-refractivity contribution is 5.94. The molecule has 1 aliphatic heterocycles. The van der Waals surface area contributed by atoms with Crippen LogP contribution in [0.1, 0.15) is 27.6 Å². The molecule has 28 heavy (non-hydrogen) atoms. The Balaban J connectivity index is 1.66. The van der Waals surface area contributed by atoms with Gasteiger partial charge in [-0.2, -0.15) is 0 Å². The Kier molecular flexibility index (Phi) is 6.77. The summed E-state index contributed by atoms with van der Waals surface area (Å²) in [7, 11) is 0. The zero-order chi connectivity index (χ0) is 20.1. The van der Waals surface area contributed by atoms with Crippen molar-refractivity contribution in [2.75, 3.05) is 13.2 Å². The molecule has 1 amide bonds. The van der Waals surface area contributed by atoms with Crippen LogP contribution in [0.3, 0.4) is 0 Å². The van der Waals surface area contributed by atoms with Crippen molar-refractivity contribution in [3.05, 3.63) is 71.3 Å². The first-order valence-corrected chi connectivity index (χ1v) is 9.24. The molecule has 2 aromatic carbocycles. The molecule has 5 N–H and O–H groups in total. The number of nitrogens with one attached hydrogen (secondary N) is 1. The first-order valence-electron chi connectivity index (χ1n) is 9.24. The average Bonchev–Trinajstić information content (AvgIpc) is 2.73. The maximum atomic E-state index is 12.4. The van der Waals surface area contributed by atoms with E-state index in [1.165, 1.54) is 0 Å². The van der Waals surface area contributed by atoms with Crippen molar-refractivity contribution < 1.29 is 30.0 Å². The lowest BCUT2D eigenvalue weighted by molar-refractivity contribution is -0.231. The maximum Gasteiger partial charge on any atom is 0.251 e. The Labute approximate surface area is 163 Å². The van der Waals surface area contributed by atoms with Gasteiger partial charge in [0, 0.05) is 12.1 Å². The van der Waals surface area contributed by atoms with Gasteiger partial charge in [-0.25, -0.2) is 0 Å². The zero-order valence-corrected chi connectivity index (χ0v) is 15.3. The highest BCUT2D eigenvalue weighted by Crippen LogP contribution is 2.32. The standard InChI is InChI=1S/C21H25NO6/c23-12-16-17(24)18(25)19(26)20(28-16)14-7-4-8-15(11-14)21(27)22-10-9-13-5-2-1-3-6-13/h1-8,11,16-20,23-26H,9-10,12H2,(H,22,27)/t16-,17-,18+,19-,20-/m1/s1. The summed E-state index contributed by atoms with van der Waals surface area (Å²) >= 11 is 0. The Hall–Kier alpha value is -2.29. The van der Waals surface area contributed by atoms with Gasteiger partial charge >= 0.3 is 0 Å². The van der Waals surface area contributed by atoms with Gasteiger partial charge in [0.2, 0.25) is 0 Å². The molecule has 0 aliphatic carbocycles. The largest absolute Gasteiger partial charge is 0.394 e. The predicted molar refractivity (Wildman–Crippen MR) is 102 cm³/mol. The summed E-state index contributed by atoms with van der Waals surface area (Å²) in [5, 5.41) is 42.3. The third-order valence-electron chi connectivity index (χ3n) is 4.91. The number of amides is 1. The molecule has 5 atom stereocenters. The van der Waals surface area contributed by atoms with E-state index in [0.717, 1.165) is 5.56 Å². The van der Waals surface area contributed by atoms with E-state index in [4.69, 9.17) is 4.74 Å². The fourth-order valence-electron chi connectivity index (χ4n) is 3.30. The minimum Gasteiger partial charge on any atom is -0.394 e. The van der Waals surface area contributed by atoms with E-state index in [1.54, 1.807) is 24.3 Å². The number of aliphatic hydroxyl groups is 4. The van der Waals surface area contributed by atoms with E-state index in [0.29, 0.717) is 24.1 Å². The van der Waals surface area contributed by atoms with Crippen molar-refractivity contribution in [2.45, 2.75) is 36.9 Å². The monoisotopic (exact) mass is 387 g/mol. The third kappa shape index (κ3) is 4.57. The lowest BCUT2D eigenvalue weighted by atomic mass is 9.90. The van der Waals surface area contributed by atoms with Gasteiger partial charge in [0.05, 0.1) is 6.61 Å². The highest BCUT2D eigenvalue weighted by atomic mass is 16.5. The number of carbonyl (C=O) groups excluding carboxylic acids is 1. The van der Waals surface area contributed by atoms with Crippen LogP contribution < -0.4 is 5.32 Å². The molecular formula is C21H25NO6. The molecule has 3 rings (SSSR count).